The van der Waals surface area contributed by atoms with Crippen LogP contribution in [0.4, 0.5) is 0 Å². The second-order valence-electron chi connectivity index (χ2n) is 11.9. The Labute approximate surface area is 283 Å². The van der Waals surface area contributed by atoms with Gasteiger partial charge >= 0.3 is 19.5 Å². The number of fused-ring (bicyclic) bond motifs is 8. The summed E-state index contributed by atoms with van der Waals surface area (Å²) in [5.74, 6) is 1.33. The van der Waals surface area contributed by atoms with Gasteiger partial charge in [-0.25, -0.2) is 9.97 Å². The van der Waals surface area contributed by atoms with Crippen LogP contribution < -0.4 is 10.2 Å². The van der Waals surface area contributed by atoms with Crippen LogP contribution in [-0.2, 0) is 32.3 Å². The topological polar surface area (TPSA) is 103 Å². The number of nitrogens with one attached hydrogen (secondary N) is 2. The first-order valence-corrected chi connectivity index (χ1v) is 15.3. The first kappa shape index (κ1) is 28.9. The van der Waals surface area contributed by atoms with Crippen LogP contribution in [0.25, 0.3) is 67.1 Å². The molecule has 0 bridgehead atoms. The minimum atomic E-state index is 0. The molecule has 0 unspecified atom stereocenters. The molecule has 0 radical (unpaired) electrons. The largest absolute Gasteiger partial charge is 2.00 e. The van der Waals surface area contributed by atoms with Crippen LogP contribution >= 0.6 is 0 Å². The van der Waals surface area contributed by atoms with E-state index in [1.807, 2.05) is 84.9 Å². The number of aromatic amines is 2. The van der Waals surface area contributed by atoms with Crippen LogP contribution in [0, 0.1) is 0 Å². The van der Waals surface area contributed by atoms with Crippen molar-refractivity contribution in [1.82, 2.24) is 19.9 Å². The molecule has 47 heavy (non-hydrogen) atoms. The summed E-state index contributed by atoms with van der Waals surface area (Å²) in [4.78, 5) is 15.7. The minimum absolute atomic E-state index is 0. The molecule has 2 N–H and O–H groups in total. The maximum Gasteiger partial charge on any atom is 2.00 e. The zero-order chi connectivity index (χ0) is 30.8. The van der Waals surface area contributed by atoms with E-state index >= 15 is 0 Å². The van der Waals surface area contributed by atoms with Gasteiger partial charge in [-0.15, -0.1) is 0 Å². The van der Waals surface area contributed by atoms with Gasteiger partial charge in [0.1, 0.15) is 11.6 Å². The third kappa shape index (κ3) is 4.91. The molecule has 0 amide bonds. The number of aromatic nitrogens is 4. The molecular weight excluding hydrogens is 634 g/mol. The molecule has 2 heterocycles. The van der Waals surface area contributed by atoms with Crippen molar-refractivity contribution in [2.24, 2.45) is 0 Å². The minimum Gasteiger partial charge on any atom is -0.872 e. The van der Waals surface area contributed by atoms with Crippen LogP contribution in [0.5, 0.6) is 11.5 Å². The van der Waals surface area contributed by atoms with Crippen molar-refractivity contribution < 1.29 is 29.7 Å². The number of para-hydroxylation sites is 4. The van der Waals surface area contributed by atoms with Gasteiger partial charge in [-0.3, -0.25) is 0 Å². The maximum atomic E-state index is 12.5. The van der Waals surface area contributed by atoms with Crippen LogP contribution in [0.15, 0.2) is 121 Å². The molecule has 7 heteroatoms. The third-order valence-electron chi connectivity index (χ3n) is 9.08. The van der Waals surface area contributed by atoms with Gasteiger partial charge in [0.25, 0.3) is 0 Å². The fourth-order valence-electron chi connectivity index (χ4n) is 6.85. The van der Waals surface area contributed by atoms with E-state index in [4.69, 9.17) is 0 Å². The summed E-state index contributed by atoms with van der Waals surface area (Å²) in [5, 5.41) is 25.1. The molecule has 2 aliphatic rings. The van der Waals surface area contributed by atoms with E-state index in [0.29, 0.717) is 22.8 Å². The fraction of sp³-hybridized carbons (Fsp3) is 0.0500. The summed E-state index contributed by atoms with van der Waals surface area (Å²) >= 11 is 0. The molecule has 220 valence electrons. The molecule has 0 saturated heterocycles. The van der Waals surface area contributed by atoms with Gasteiger partial charge in [0.2, 0.25) is 0 Å². The van der Waals surface area contributed by atoms with Crippen LogP contribution in [0.1, 0.15) is 22.3 Å². The molecule has 8 aromatic rings. The van der Waals surface area contributed by atoms with Crippen molar-refractivity contribution in [3.63, 3.8) is 0 Å². The standard InChI is InChI=1S/2C20H14N2O.Zn/c2*23-19-10-13-9-12-5-1-2-6-14(12)15(13)11-16(19)20-21-17-7-3-4-8-18(17)22-20;/h2*1-8,10-11,23H,9H2,(H,21,22);/q;;+2/p-2. The van der Waals surface area contributed by atoms with Gasteiger partial charge in [0.15, 0.2) is 0 Å². The number of H-pyrrole nitrogens is 2. The molecule has 6 aromatic carbocycles. The first-order chi connectivity index (χ1) is 22.6. The zero-order valence-electron chi connectivity index (χ0n) is 25.4. The predicted molar refractivity (Wildman–Crippen MR) is 178 cm³/mol. The van der Waals surface area contributed by atoms with E-state index in [1.54, 1.807) is 12.1 Å². The summed E-state index contributed by atoms with van der Waals surface area (Å²) in [6.07, 6.45) is 1.67. The van der Waals surface area contributed by atoms with Crippen molar-refractivity contribution in [3.8, 4) is 56.5 Å². The van der Waals surface area contributed by atoms with E-state index < -0.39 is 0 Å². The van der Waals surface area contributed by atoms with E-state index in [1.165, 1.54) is 22.3 Å². The Morgan fingerprint density at radius 2 is 0.830 bits per heavy atom. The number of imidazole rings is 2. The number of benzene rings is 6. The van der Waals surface area contributed by atoms with Gasteiger partial charge in [-0.2, -0.15) is 0 Å². The van der Waals surface area contributed by atoms with Crippen LogP contribution in [0.2, 0.25) is 0 Å². The average Bonchev–Trinajstić information content (AvgIpc) is 3.85. The Kier molecular flexibility index (Phi) is 7.00. The quantitative estimate of drug-likeness (QED) is 0.185. The predicted octanol–water partition coefficient (Wildman–Crippen LogP) is 7.75. The van der Waals surface area contributed by atoms with Crippen molar-refractivity contribution >= 4 is 22.1 Å². The van der Waals surface area contributed by atoms with Gasteiger partial charge in [0, 0.05) is 11.1 Å². The summed E-state index contributed by atoms with van der Waals surface area (Å²) in [7, 11) is 0. The zero-order valence-corrected chi connectivity index (χ0v) is 28.3. The Hall–Kier alpha value is -5.52. The second kappa shape index (κ2) is 11.4. The molecule has 2 aromatic heterocycles. The number of nitrogens with zero attached hydrogens (tertiary/aromatic N) is 2. The maximum absolute atomic E-state index is 12.5. The summed E-state index contributed by atoms with van der Waals surface area (Å²) < 4.78 is 0. The van der Waals surface area contributed by atoms with E-state index in [0.717, 1.165) is 57.2 Å². The van der Waals surface area contributed by atoms with E-state index in [2.05, 4.69) is 44.2 Å². The van der Waals surface area contributed by atoms with Gasteiger partial charge in [0.05, 0.1) is 22.1 Å². The van der Waals surface area contributed by atoms with E-state index in [9.17, 15) is 10.2 Å². The van der Waals surface area contributed by atoms with Crippen LogP contribution in [0.3, 0.4) is 0 Å². The number of hydrogen-bond acceptors (Lipinski definition) is 4. The molecule has 0 fully saturated rings. The monoisotopic (exact) mass is 658 g/mol. The Balaban J connectivity index is 0.000000135. The van der Waals surface area contributed by atoms with Crippen LogP contribution in [-0.4, -0.2) is 19.9 Å². The molecule has 0 aliphatic heterocycles. The summed E-state index contributed by atoms with van der Waals surface area (Å²) in [6.45, 7) is 0. The van der Waals surface area contributed by atoms with E-state index in [-0.39, 0.29) is 31.0 Å². The molecule has 10 rings (SSSR count). The SMILES string of the molecule is [O-]c1cc2c(cc1-c1nc3ccccc3[nH]1)-c1ccccc1C2.[O-]c1cc2c(cc1-c1nc3ccccc3[nH]1)-c1ccccc1C2.[Zn+2]. The summed E-state index contributed by atoms with van der Waals surface area (Å²) in [6, 6.07) is 39.8. The average molecular weight is 660 g/mol. The smallest absolute Gasteiger partial charge is 0.872 e. The molecule has 0 atom stereocenters. The molecular formula is C40H26N4O2Zn. The van der Waals surface area contributed by atoms with Gasteiger partial charge in [-0.1, -0.05) is 96.4 Å². The molecule has 0 spiro atoms. The van der Waals surface area contributed by atoms with Crippen molar-refractivity contribution in [2.75, 3.05) is 0 Å². The van der Waals surface area contributed by atoms with Crippen molar-refractivity contribution in [1.29, 1.82) is 0 Å². The Bertz CT molecular complexity index is 2240. The number of hydrogen-bond donors (Lipinski definition) is 2. The van der Waals surface area contributed by atoms with Gasteiger partial charge < -0.3 is 20.2 Å². The molecule has 0 saturated carbocycles. The third-order valence-corrected chi connectivity index (χ3v) is 9.08. The molecule has 6 nitrogen and oxygen atoms in total. The van der Waals surface area contributed by atoms with Crippen molar-refractivity contribution in [3.05, 3.63) is 144 Å². The normalized spacial score (nSPS) is 12.1. The second-order valence-corrected chi connectivity index (χ2v) is 11.9. The summed E-state index contributed by atoms with van der Waals surface area (Å²) in [5.41, 5.74) is 14.4. The van der Waals surface area contributed by atoms with Gasteiger partial charge in [-0.05, 0) is 93.7 Å². The number of rotatable bonds is 2. The Morgan fingerprint density at radius 1 is 0.426 bits per heavy atom. The van der Waals surface area contributed by atoms with Crippen molar-refractivity contribution in [2.45, 2.75) is 12.8 Å². The Morgan fingerprint density at radius 3 is 1.28 bits per heavy atom. The first-order valence-electron chi connectivity index (χ1n) is 15.3. The fourth-order valence-corrected chi connectivity index (χ4v) is 6.85. The molecule has 2 aliphatic carbocycles.